The first-order valence-corrected chi connectivity index (χ1v) is 7.83. The van der Waals surface area contributed by atoms with E-state index in [4.69, 9.17) is 5.73 Å². The van der Waals surface area contributed by atoms with E-state index in [1.807, 2.05) is 60.7 Å². The van der Waals surface area contributed by atoms with Crippen molar-refractivity contribution in [3.8, 4) is 0 Å². The quantitative estimate of drug-likeness (QED) is 0.673. The van der Waals surface area contributed by atoms with E-state index in [1.54, 1.807) is 4.57 Å². The van der Waals surface area contributed by atoms with E-state index in [2.05, 4.69) is 4.98 Å². The molecule has 25 heavy (non-hydrogen) atoms. The van der Waals surface area contributed by atoms with Gasteiger partial charge in [-0.3, -0.25) is 14.5 Å². The Balaban J connectivity index is 1.97. The maximum atomic E-state index is 11.8. The third-order valence-electron chi connectivity index (χ3n) is 3.83. The highest BCUT2D eigenvalue weighted by atomic mass is 16.1. The molecule has 0 aliphatic heterocycles. The lowest BCUT2D eigenvalue weighted by Crippen LogP contribution is -2.27. The molecular formula is C19H18N4O2. The van der Waals surface area contributed by atoms with Crippen LogP contribution in [-0.4, -0.2) is 21.9 Å². The van der Waals surface area contributed by atoms with Crippen molar-refractivity contribution in [2.45, 2.75) is 13.1 Å². The number of nitrogens with two attached hydrogens (primary N) is 1. The predicted molar refractivity (Wildman–Crippen MR) is 95.0 cm³/mol. The highest BCUT2D eigenvalue weighted by Crippen LogP contribution is 2.22. The zero-order valence-electron chi connectivity index (χ0n) is 13.6. The molecule has 2 N–H and O–H groups in total. The van der Waals surface area contributed by atoms with Crippen LogP contribution in [0.3, 0.4) is 0 Å². The highest BCUT2D eigenvalue weighted by molar-refractivity contribution is 5.98. The van der Waals surface area contributed by atoms with Gasteiger partial charge in [0.15, 0.2) is 5.69 Å². The fourth-order valence-corrected chi connectivity index (χ4v) is 2.69. The Bertz CT molecular complexity index is 860. The van der Waals surface area contributed by atoms with Crippen LogP contribution in [0.4, 0.5) is 5.82 Å². The minimum absolute atomic E-state index is 0.0824. The number of aromatic nitrogens is 2. The first kappa shape index (κ1) is 16.4. The minimum Gasteiger partial charge on any atom is -0.364 e. The van der Waals surface area contributed by atoms with E-state index in [9.17, 15) is 9.59 Å². The molecule has 3 aromatic rings. The number of nitrogens with zero attached hydrogens (tertiary/aromatic N) is 3. The van der Waals surface area contributed by atoms with Crippen LogP contribution in [0, 0.1) is 0 Å². The van der Waals surface area contributed by atoms with Crippen molar-refractivity contribution in [2.24, 2.45) is 5.73 Å². The summed E-state index contributed by atoms with van der Waals surface area (Å²) < 4.78 is 1.76. The van der Waals surface area contributed by atoms with Gasteiger partial charge in [0.2, 0.25) is 6.41 Å². The average Bonchev–Trinajstić information content (AvgIpc) is 3.05. The predicted octanol–water partition coefficient (Wildman–Crippen LogP) is 2.19. The molecule has 126 valence electrons. The fraction of sp³-hybridized carbons (Fsp3) is 0.105. The van der Waals surface area contributed by atoms with E-state index in [0.29, 0.717) is 25.3 Å². The van der Waals surface area contributed by atoms with Crippen molar-refractivity contribution < 1.29 is 9.59 Å². The second-order valence-corrected chi connectivity index (χ2v) is 5.61. The van der Waals surface area contributed by atoms with Gasteiger partial charge in [0, 0.05) is 0 Å². The molecule has 0 spiro atoms. The van der Waals surface area contributed by atoms with Gasteiger partial charge >= 0.3 is 0 Å². The maximum Gasteiger partial charge on any atom is 0.271 e. The third kappa shape index (κ3) is 3.74. The number of carbonyl (C=O) groups excluding carboxylic acids is 2. The molecule has 6 nitrogen and oxygen atoms in total. The Hall–Kier alpha value is -3.41. The first-order chi connectivity index (χ1) is 12.2. The van der Waals surface area contributed by atoms with E-state index in [0.717, 1.165) is 11.1 Å². The molecule has 0 radical (unpaired) electrons. The molecule has 0 bridgehead atoms. The molecule has 0 saturated heterocycles. The maximum absolute atomic E-state index is 11.8. The molecule has 0 unspecified atom stereocenters. The van der Waals surface area contributed by atoms with E-state index >= 15 is 0 Å². The van der Waals surface area contributed by atoms with E-state index < -0.39 is 5.91 Å². The van der Waals surface area contributed by atoms with Gasteiger partial charge in [-0.15, -0.1) is 0 Å². The Morgan fingerprint density at radius 2 is 1.64 bits per heavy atom. The molecule has 1 heterocycles. The number of rotatable bonds is 7. The van der Waals surface area contributed by atoms with Gasteiger partial charge in [0.1, 0.15) is 5.82 Å². The van der Waals surface area contributed by atoms with Crippen molar-refractivity contribution >= 4 is 18.1 Å². The van der Waals surface area contributed by atoms with Crippen LogP contribution in [0.15, 0.2) is 67.0 Å². The minimum atomic E-state index is -0.665. The number of hydrogen-bond donors (Lipinski definition) is 1. The molecule has 0 aliphatic rings. The van der Waals surface area contributed by atoms with Crippen LogP contribution in [0.2, 0.25) is 0 Å². The number of amides is 2. The average molecular weight is 334 g/mol. The van der Waals surface area contributed by atoms with Crippen LogP contribution in [-0.2, 0) is 17.9 Å². The van der Waals surface area contributed by atoms with Crippen LogP contribution >= 0.6 is 0 Å². The van der Waals surface area contributed by atoms with Crippen LogP contribution in [0.1, 0.15) is 21.6 Å². The lowest BCUT2D eigenvalue weighted by atomic mass is 10.2. The molecule has 0 atom stereocenters. The van der Waals surface area contributed by atoms with E-state index in [-0.39, 0.29) is 5.69 Å². The number of benzene rings is 2. The van der Waals surface area contributed by atoms with Gasteiger partial charge in [-0.2, -0.15) is 0 Å². The van der Waals surface area contributed by atoms with Crippen LogP contribution in [0.5, 0.6) is 0 Å². The summed E-state index contributed by atoms with van der Waals surface area (Å²) in [5.41, 5.74) is 7.50. The number of anilines is 1. The van der Waals surface area contributed by atoms with Gasteiger partial charge in [-0.25, -0.2) is 4.98 Å². The van der Waals surface area contributed by atoms with Crippen LogP contribution in [0.25, 0.3) is 0 Å². The molecule has 0 saturated carbocycles. The number of carbonyl (C=O) groups is 2. The summed E-state index contributed by atoms with van der Waals surface area (Å²) in [4.78, 5) is 29.0. The number of imidazole rings is 1. The van der Waals surface area contributed by atoms with Gasteiger partial charge in [-0.1, -0.05) is 60.7 Å². The first-order valence-electron chi connectivity index (χ1n) is 7.83. The Morgan fingerprint density at radius 3 is 2.20 bits per heavy atom. The Kier molecular flexibility index (Phi) is 4.89. The fourth-order valence-electron chi connectivity index (χ4n) is 2.69. The summed E-state index contributed by atoms with van der Waals surface area (Å²) in [5.74, 6) is -0.267. The summed E-state index contributed by atoms with van der Waals surface area (Å²) >= 11 is 0. The lowest BCUT2D eigenvalue weighted by molar-refractivity contribution is -0.107. The van der Waals surface area contributed by atoms with E-state index in [1.165, 1.54) is 11.2 Å². The van der Waals surface area contributed by atoms with Crippen molar-refractivity contribution in [2.75, 3.05) is 4.90 Å². The molecule has 2 aromatic carbocycles. The summed E-state index contributed by atoms with van der Waals surface area (Å²) in [6, 6.07) is 19.3. The van der Waals surface area contributed by atoms with Crippen molar-refractivity contribution in [1.82, 2.24) is 9.55 Å². The molecular weight excluding hydrogens is 316 g/mol. The summed E-state index contributed by atoms with van der Waals surface area (Å²) in [5, 5.41) is 0. The molecule has 2 amide bonds. The second kappa shape index (κ2) is 7.44. The zero-order valence-corrected chi connectivity index (χ0v) is 13.6. The smallest absolute Gasteiger partial charge is 0.271 e. The standard InChI is InChI=1S/C19H18N4O2/c20-18(25)17-19(23(14-24)12-16-9-5-2-6-10-16)22(13-21-17)11-15-7-3-1-4-8-15/h1-10,13-14H,11-12H2,(H2,20,25). The highest BCUT2D eigenvalue weighted by Gasteiger charge is 2.21. The third-order valence-corrected chi connectivity index (χ3v) is 3.83. The Morgan fingerprint density at radius 1 is 1.04 bits per heavy atom. The summed E-state index contributed by atoms with van der Waals surface area (Å²) in [6.45, 7) is 0.806. The Labute approximate surface area is 145 Å². The summed E-state index contributed by atoms with van der Waals surface area (Å²) in [6.07, 6.45) is 2.22. The largest absolute Gasteiger partial charge is 0.364 e. The lowest BCUT2D eigenvalue weighted by Gasteiger charge is -2.20. The molecule has 0 aliphatic carbocycles. The monoisotopic (exact) mass is 334 g/mol. The number of primary amides is 1. The molecule has 6 heteroatoms. The zero-order chi connectivity index (χ0) is 17.6. The second-order valence-electron chi connectivity index (χ2n) is 5.61. The number of hydrogen-bond acceptors (Lipinski definition) is 3. The molecule has 3 rings (SSSR count). The SMILES string of the molecule is NC(=O)c1ncn(Cc2ccccc2)c1N(C=O)Cc1ccccc1. The van der Waals surface area contributed by atoms with Crippen LogP contribution < -0.4 is 10.6 Å². The van der Waals surface area contributed by atoms with Gasteiger partial charge in [-0.05, 0) is 11.1 Å². The molecule has 1 aromatic heterocycles. The topological polar surface area (TPSA) is 81.2 Å². The van der Waals surface area contributed by atoms with Gasteiger partial charge in [0.25, 0.3) is 5.91 Å². The van der Waals surface area contributed by atoms with Gasteiger partial charge in [0.05, 0.1) is 19.4 Å². The van der Waals surface area contributed by atoms with Crippen molar-refractivity contribution in [3.05, 3.63) is 83.8 Å². The van der Waals surface area contributed by atoms with Gasteiger partial charge < -0.3 is 10.3 Å². The van der Waals surface area contributed by atoms with Crippen molar-refractivity contribution in [1.29, 1.82) is 0 Å². The summed E-state index contributed by atoms with van der Waals surface area (Å²) in [7, 11) is 0. The molecule has 0 fully saturated rings. The van der Waals surface area contributed by atoms with Crippen molar-refractivity contribution in [3.63, 3.8) is 0 Å². The normalized spacial score (nSPS) is 10.4.